The Morgan fingerprint density at radius 3 is 2.84 bits per heavy atom. The van der Waals surface area contributed by atoms with E-state index in [2.05, 4.69) is 21.3 Å². The molecule has 2 atom stereocenters. The number of benzene rings is 2. The van der Waals surface area contributed by atoms with Crippen LogP contribution in [0.4, 0.5) is 0 Å². The predicted molar refractivity (Wildman–Crippen MR) is 148 cm³/mol. The van der Waals surface area contributed by atoms with Crippen molar-refractivity contribution in [2.75, 3.05) is 26.2 Å². The highest BCUT2D eigenvalue weighted by molar-refractivity contribution is 5.97. The Bertz CT molecular complexity index is 1300. The molecule has 1 saturated heterocycles. The summed E-state index contributed by atoms with van der Waals surface area (Å²) in [5.74, 6) is -0.117. The number of fused-ring (bicyclic) bond motifs is 3. The van der Waals surface area contributed by atoms with Crippen LogP contribution in [0.5, 0.6) is 5.75 Å². The summed E-state index contributed by atoms with van der Waals surface area (Å²) in [5, 5.41) is 14.3. The van der Waals surface area contributed by atoms with E-state index in [1.165, 1.54) is 0 Å². The normalized spacial score (nSPS) is 22.4. The Hall–Kier alpha value is -3.58. The highest BCUT2D eigenvalue weighted by atomic mass is 16.5. The minimum Gasteiger partial charge on any atom is -0.508 e. The lowest BCUT2D eigenvalue weighted by atomic mass is 9.60. The molecule has 2 fully saturated rings. The number of likely N-dealkylation sites (tertiary alicyclic amines) is 1. The van der Waals surface area contributed by atoms with E-state index in [1.807, 2.05) is 49.4 Å². The number of carbonyl (C=O) groups excluding carboxylic acids is 2. The minimum atomic E-state index is -0.291. The smallest absolute Gasteiger partial charge is 0.330 e. The molecule has 1 saturated carbocycles. The maximum Gasteiger partial charge on any atom is 0.330 e. The summed E-state index contributed by atoms with van der Waals surface area (Å²) in [6.45, 7) is 4.63. The van der Waals surface area contributed by atoms with Gasteiger partial charge in [-0.3, -0.25) is 9.69 Å². The number of phenolic OH excluding ortho intramolecular Hbond substituents is 1. The zero-order chi connectivity index (χ0) is 26.5. The van der Waals surface area contributed by atoms with E-state index in [0.29, 0.717) is 18.8 Å². The van der Waals surface area contributed by atoms with Crippen molar-refractivity contribution in [1.29, 1.82) is 0 Å². The number of piperidine rings is 1. The number of aromatic nitrogens is 1. The largest absolute Gasteiger partial charge is 0.508 e. The van der Waals surface area contributed by atoms with Crippen LogP contribution < -0.4 is 5.32 Å². The third kappa shape index (κ3) is 5.34. The van der Waals surface area contributed by atoms with E-state index in [4.69, 9.17) is 4.74 Å². The molecule has 7 nitrogen and oxygen atoms in total. The second kappa shape index (κ2) is 11.4. The number of hydrogen-bond acceptors (Lipinski definition) is 5. The number of phenols is 1. The van der Waals surface area contributed by atoms with Gasteiger partial charge < -0.3 is 20.1 Å². The molecule has 1 aliphatic heterocycles. The summed E-state index contributed by atoms with van der Waals surface area (Å²) in [6, 6.07) is 17.5. The highest BCUT2D eigenvalue weighted by Gasteiger charge is 2.48. The molecule has 0 unspecified atom stereocenters. The summed E-state index contributed by atoms with van der Waals surface area (Å²) in [4.78, 5) is 30.9. The molecule has 2 bridgehead atoms. The maximum atomic E-state index is 12.6. The lowest BCUT2D eigenvalue weighted by Crippen LogP contribution is -2.54. The SMILES string of the molecule is CCOC(=O)/C=C1\[C@@H]2CCC[C@@]1(c1cccc(O)c1)CCN2CCCCNC(=O)c1cc2ccccc2[nH]1. The van der Waals surface area contributed by atoms with Crippen molar-refractivity contribution in [1.82, 2.24) is 15.2 Å². The summed E-state index contributed by atoms with van der Waals surface area (Å²) in [5.41, 5.74) is 3.49. The molecule has 3 aromatic rings. The van der Waals surface area contributed by atoms with Crippen molar-refractivity contribution in [2.45, 2.75) is 56.9 Å². The van der Waals surface area contributed by atoms with E-state index < -0.39 is 0 Å². The number of amides is 1. The molecule has 0 radical (unpaired) electrons. The Morgan fingerprint density at radius 1 is 1.16 bits per heavy atom. The van der Waals surface area contributed by atoms with Gasteiger partial charge in [0.25, 0.3) is 5.91 Å². The predicted octanol–water partition coefficient (Wildman–Crippen LogP) is 5.07. The van der Waals surface area contributed by atoms with Gasteiger partial charge in [0.2, 0.25) is 0 Å². The number of nitrogens with zero attached hydrogens (tertiary/aromatic N) is 1. The van der Waals surface area contributed by atoms with Gasteiger partial charge in [-0.25, -0.2) is 4.79 Å². The zero-order valence-corrected chi connectivity index (χ0v) is 22.0. The third-order valence-electron chi connectivity index (χ3n) is 8.15. The monoisotopic (exact) mass is 515 g/mol. The summed E-state index contributed by atoms with van der Waals surface area (Å²) < 4.78 is 5.31. The van der Waals surface area contributed by atoms with Crippen molar-refractivity contribution in [3.8, 4) is 5.75 Å². The number of unbranched alkanes of at least 4 members (excludes halogenated alkanes) is 1. The Morgan fingerprint density at radius 2 is 2.03 bits per heavy atom. The Kier molecular flexibility index (Phi) is 7.84. The summed E-state index contributed by atoms with van der Waals surface area (Å²) >= 11 is 0. The summed E-state index contributed by atoms with van der Waals surface area (Å²) in [6.07, 6.45) is 7.49. The number of hydrogen-bond donors (Lipinski definition) is 3. The number of carbonyl (C=O) groups is 2. The van der Waals surface area contributed by atoms with E-state index in [1.54, 1.807) is 12.1 Å². The first-order chi connectivity index (χ1) is 18.5. The minimum absolute atomic E-state index is 0.0815. The molecule has 1 aromatic heterocycles. The third-order valence-corrected chi connectivity index (χ3v) is 8.15. The molecular formula is C31H37N3O4. The average Bonchev–Trinajstić information content (AvgIpc) is 3.34. The van der Waals surface area contributed by atoms with Crippen molar-refractivity contribution < 1.29 is 19.4 Å². The van der Waals surface area contributed by atoms with Crippen LogP contribution in [0.1, 0.15) is 61.5 Å². The molecule has 200 valence electrons. The van der Waals surface area contributed by atoms with E-state index >= 15 is 0 Å². The van der Waals surface area contributed by atoms with Crippen LogP contribution in [0.15, 0.2) is 66.2 Å². The number of ether oxygens (including phenoxy) is 1. The van der Waals surface area contributed by atoms with Gasteiger partial charge in [-0.2, -0.15) is 0 Å². The molecule has 0 spiro atoms. The molecule has 7 heteroatoms. The van der Waals surface area contributed by atoms with Crippen LogP contribution in [0.2, 0.25) is 0 Å². The van der Waals surface area contributed by atoms with Gasteiger partial charge in [0.15, 0.2) is 0 Å². The average molecular weight is 516 g/mol. The molecule has 2 heterocycles. The van der Waals surface area contributed by atoms with E-state index in [0.717, 1.165) is 73.7 Å². The topological polar surface area (TPSA) is 94.7 Å². The van der Waals surface area contributed by atoms with Crippen LogP contribution in [-0.2, 0) is 14.9 Å². The lowest BCUT2D eigenvalue weighted by Gasteiger charge is -2.53. The molecular weight excluding hydrogens is 478 g/mol. The Labute approximate surface area is 223 Å². The number of aromatic amines is 1. The van der Waals surface area contributed by atoms with Crippen molar-refractivity contribution in [3.05, 3.63) is 77.5 Å². The first-order valence-corrected chi connectivity index (χ1v) is 13.8. The lowest BCUT2D eigenvalue weighted by molar-refractivity contribution is -0.137. The van der Waals surface area contributed by atoms with Crippen LogP contribution in [0.25, 0.3) is 10.9 Å². The molecule has 1 aliphatic carbocycles. The van der Waals surface area contributed by atoms with Crippen molar-refractivity contribution >= 4 is 22.8 Å². The first-order valence-electron chi connectivity index (χ1n) is 13.8. The number of nitrogens with one attached hydrogen (secondary N) is 2. The molecule has 38 heavy (non-hydrogen) atoms. The van der Waals surface area contributed by atoms with Gasteiger partial charge in [0.05, 0.1) is 6.61 Å². The van der Waals surface area contributed by atoms with Crippen LogP contribution in [0.3, 0.4) is 0 Å². The highest BCUT2D eigenvalue weighted by Crippen LogP contribution is 2.51. The van der Waals surface area contributed by atoms with Gasteiger partial charge in [-0.1, -0.05) is 36.8 Å². The van der Waals surface area contributed by atoms with Gasteiger partial charge in [-0.05, 0) is 87.5 Å². The van der Waals surface area contributed by atoms with E-state index in [9.17, 15) is 14.7 Å². The number of esters is 1. The van der Waals surface area contributed by atoms with Crippen LogP contribution >= 0.6 is 0 Å². The summed E-state index contributed by atoms with van der Waals surface area (Å²) in [7, 11) is 0. The molecule has 1 amide bonds. The van der Waals surface area contributed by atoms with Crippen molar-refractivity contribution in [3.63, 3.8) is 0 Å². The Balaban J connectivity index is 1.22. The fourth-order valence-corrected chi connectivity index (χ4v) is 6.36. The van der Waals surface area contributed by atoms with Crippen molar-refractivity contribution in [2.24, 2.45) is 0 Å². The molecule has 5 rings (SSSR count). The second-order valence-electron chi connectivity index (χ2n) is 10.4. The van der Waals surface area contributed by atoms with Gasteiger partial charge >= 0.3 is 5.97 Å². The number of H-pyrrole nitrogens is 1. The van der Waals surface area contributed by atoms with Crippen LogP contribution in [0, 0.1) is 0 Å². The van der Waals surface area contributed by atoms with Gasteiger partial charge in [0, 0.05) is 35.0 Å². The number of aromatic hydroxyl groups is 1. The standard InChI is InChI=1S/C31H37N3O4/c1-2-38-29(36)21-25-28-13-8-14-31(25,23-10-7-11-24(35)20-23)15-18-34(28)17-6-5-16-32-30(37)27-19-22-9-3-4-12-26(22)33-27/h3-4,7,9-12,19-21,28,33,35H,2,5-6,8,13-18H2,1H3,(H,32,37)/b25-21+/t28-,31-/m0/s1. The zero-order valence-electron chi connectivity index (χ0n) is 22.0. The number of para-hydroxylation sites is 1. The molecule has 2 aliphatic rings. The second-order valence-corrected chi connectivity index (χ2v) is 10.4. The molecule has 3 N–H and O–H groups in total. The van der Waals surface area contributed by atoms with E-state index in [-0.39, 0.29) is 29.1 Å². The quantitative estimate of drug-likeness (QED) is 0.210. The fourth-order valence-electron chi connectivity index (χ4n) is 6.36. The van der Waals surface area contributed by atoms with Crippen LogP contribution in [-0.4, -0.2) is 59.1 Å². The maximum absolute atomic E-state index is 12.6. The van der Waals surface area contributed by atoms with Gasteiger partial charge in [0.1, 0.15) is 11.4 Å². The number of rotatable bonds is 9. The first kappa shape index (κ1) is 26.0. The fraction of sp³-hybridized carbons (Fsp3) is 0.419. The molecule has 2 aromatic carbocycles. The van der Waals surface area contributed by atoms with Gasteiger partial charge in [-0.15, -0.1) is 0 Å².